The van der Waals surface area contributed by atoms with Crippen molar-refractivity contribution >= 4 is 40.4 Å². The van der Waals surface area contributed by atoms with Gasteiger partial charge in [-0.05, 0) is 81.2 Å². The van der Waals surface area contributed by atoms with E-state index in [-0.39, 0.29) is 29.0 Å². The number of carbonyl (C=O) groups excluding carboxylic acids is 2. The molecular formula is C27H30ClN3O3S. The van der Waals surface area contributed by atoms with Crippen LogP contribution in [0.25, 0.3) is 21.7 Å². The SMILES string of the molecule is CC(C)(C)N1CCCCc2c(-c3cccs3)c3n(c2C1=O)CCc1cc(O)c(NC(=O)CCl)cc1-3. The van der Waals surface area contributed by atoms with Crippen LogP contribution in [0.3, 0.4) is 0 Å². The van der Waals surface area contributed by atoms with Crippen molar-refractivity contribution in [3.8, 4) is 27.4 Å². The van der Waals surface area contributed by atoms with Gasteiger partial charge in [-0.1, -0.05) is 6.07 Å². The smallest absolute Gasteiger partial charge is 0.271 e. The Bertz CT molecular complexity index is 1300. The average molecular weight is 512 g/mol. The van der Waals surface area contributed by atoms with Crippen LogP contribution in [0.2, 0.25) is 0 Å². The first kappa shape index (κ1) is 23.9. The number of alkyl halides is 1. The molecule has 4 heterocycles. The standard InChI is InChI=1S/C27H30ClN3O3S/c1-27(2,3)31-10-5-4-7-17-23(21-8-6-12-35-21)24-18-14-19(29-22(33)15-28)20(32)13-16(18)9-11-30(24)25(17)26(31)34/h6,8,12-14,32H,4-5,7,9-11,15H2,1-3H3,(H,29,33). The molecule has 2 amide bonds. The predicted octanol–water partition coefficient (Wildman–Crippen LogP) is 5.90. The number of halogens is 1. The zero-order valence-corrected chi connectivity index (χ0v) is 21.9. The van der Waals surface area contributed by atoms with Crippen LogP contribution in [0.5, 0.6) is 5.75 Å². The van der Waals surface area contributed by atoms with Gasteiger partial charge in [0.25, 0.3) is 5.91 Å². The summed E-state index contributed by atoms with van der Waals surface area (Å²) in [6.45, 7) is 7.69. The first-order chi connectivity index (χ1) is 16.7. The van der Waals surface area contributed by atoms with E-state index in [9.17, 15) is 14.7 Å². The van der Waals surface area contributed by atoms with Crippen molar-refractivity contribution in [1.29, 1.82) is 0 Å². The van der Waals surface area contributed by atoms with Crippen LogP contribution in [-0.2, 0) is 24.2 Å². The summed E-state index contributed by atoms with van der Waals surface area (Å²) in [4.78, 5) is 29.2. The van der Waals surface area contributed by atoms with E-state index < -0.39 is 0 Å². The van der Waals surface area contributed by atoms with Gasteiger partial charge >= 0.3 is 0 Å². The molecule has 184 valence electrons. The van der Waals surface area contributed by atoms with E-state index in [0.29, 0.717) is 18.7 Å². The largest absolute Gasteiger partial charge is 0.506 e. The fourth-order valence-corrected chi connectivity index (χ4v) is 6.23. The van der Waals surface area contributed by atoms with Crippen molar-refractivity contribution in [2.75, 3.05) is 17.7 Å². The Hall–Kier alpha value is -2.77. The van der Waals surface area contributed by atoms with Gasteiger partial charge in [0.15, 0.2) is 0 Å². The monoisotopic (exact) mass is 511 g/mol. The number of nitrogens with zero attached hydrogens (tertiary/aromatic N) is 2. The van der Waals surface area contributed by atoms with Gasteiger partial charge in [0, 0.05) is 34.6 Å². The number of carbonyl (C=O) groups is 2. The second-order valence-corrected chi connectivity index (χ2v) is 11.4. The van der Waals surface area contributed by atoms with E-state index in [1.165, 1.54) is 0 Å². The summed E-state index contributed by atoms with van der Waals surface area (Å²) in [6, 6.07) is 7.71. The quantitative estimate of drug-likeness (QED) is 0.339. The number of amides is 2. The van der Waals surface area contributed by atoms with Crippen molar-refractivity contribution in [3.63, 3.8) is 0 Å². The fourth-order valence-electron chi connectivity index (χ4n) is 5.36. The second-order valence-electron chi connectivity index (χ2n) is 10.2. The van der Waals surface area contributed by atoms with Crippen LogP contribution in [0, 0.1) is 0 Å². The van der Waals surface area contributed by atoms with Gasteiger partial charge in [0.05, 0.1) is 11.4 Å². The molecule has 0 spiro atoms. The number of phenolic OH excluding ortho intramolecular Hbond substituents is 1. The fraction of sp³-hybridized carbons (Fsp3) is 0.407. The first-order valence-electron chi connectivity index (χ1n) is 12.0. The molecule has 0 saturated carbocycles. The van der Waals surface area contributed by atoms with Gasteiger partial charge in [0.1, 0.15) is 17.3 Å². The number of phenols is 1. The maximum absolute atomic E-state index is 14.1. The minimum Gasteiger partial charge on any atom is -0.506 e. The van der Waals surface area contributed by atoms with Crippen molar-refractivity contribution in [2.24, 2.45) is 0 Å². The molecule has 0 fully saturated rings. The van der Waals surface area contributed by atoms with Crippen molar-refractivity contribution in [1.82, 2.24) is 9.47 Å². The van der Waals surface area contributed by atoms with E-state index in [0.717, 1.165) is 64.3 Å². The summed E-state index contributed by atoms with van der Waals surface area (Å²) in [6.07, 6.45) is 3.50. The normalized spacial score (nSPS) is 15.7. The molecule has 5 rings (SSSR count). The highest BCUT2D eigenvalue weighted by Gasteiger charge is 2.37. The maximum Gasteiger partial charge on any atom is 0.271 e. The Morgan fingerprint density at radius 1 is 1.17 bits per heavy atom. The summed E-state index contributed by atoms with van der Waals surface area (Å²) < 4.78 is 2.18. The molecule has 2 N–H and O–H groups in total. The molecule has 8 heteroatoms. The number of nitrogens with one attached hydrogen (secondary N) is 1. The average Bonchev–Trinajstić information content (AvgIpc) is 3.42. The molecule has 3 aromatic rings. The lowest BCUT2D eigenvalue weighted by atomic mass is 9.92. The number of aromatic hydroxyl groups is 1. The Morgan fingerprint density at radius 3 is 2.66 bits per heavy atom. The van der Waals surface area contributed by atoms with Crippen LogP contribution < -0.4 is 5.32 Å². The summed E-state index contributed by atoms with van der Waals surface area (Å²) >= 11 is 7.37. The lowest BCUT2D eigenvalue weighted by Crippen LogP contribution is -2.47. The zero-order valence-electron chi connectivity index (χ0n) is 20.3. The third-order valence-corrected chi connectivity index (χ3v) is 8.05. The Balaban J connectivity index is 1.79. The number of benzene rings is 1. The van der Waals surface area contributed by atoms with Gasteiger partial charge in [-0.2, -0.15) is 0 Å². The lowest BCUT2D eigenvalue weighted by Gasteiger charge is -2.37. The zero-order chi connectivity index (χ0) is 24.9. The maximum atomic E-state index is 14.1. The van der Waals surface area contributed by atoms with Crippen molar-refractivity contribution in [3.05, 3.63) is 46.5 Å². The third-order valence-electron chi connectivity index (χ3n) is 6.92. The molecule has 0 aliphatic carbocycles. The first-order valence-corrected chi connectivity index (χ1v) is 13.5. The van der Waals surface area contributed by atoms with Gasteiger partial charge in [-0.15, -0.1) is 22.9 Å². The number of aryl methyl sites for hydroxylation is 1. The van der Waals surface area contributed by atoms with Gasteiger partial charge in [0.2, 0.25) is 5.91 Å². The molecule has 0 bridgehead atoms. The van der Waals surface area contributed by atoms with Crippen LogP contribution in [0.4, 0.5) is 5.69 Å². The summed E-state index contributed by atoms with van der Waals surface area (Å²) in [5, 5.41) is 15.4. The predicted molar refractivity (Wildman–Crippen MR) is 142 cm³/mol. The second kappa shape index (κ2) is 9.03. The van der Waals surface area contributed by atoms with E-state index >= 15 is 0 Å². The van der Waals surface area contributed by atoms with Crippen LogP contribution in [0.15, 0.2) is 29.6 Å². The number of thiophene rings is 1. The number of anilines is 1. The van der Waals surface area contributed by atoms with Gasteiger partial charge < -0.3 is 19.9 Å². The summed E-state index contributed by atoms with van der Waals surface area (Å²) in [7, 11) is 0. The molecular weight excluding hydrogens is 482 g/mol. The highest BCUT2D eigenvalue weighted by Crippen LogP contribution is 2.48. The van der Waals surface area contributed by atoms with Gasteiger partial charge in [-0.3, -0.25) is 9.59 Å². The molecule has 0 unspecified atom stereocenters. The highest BCUT2D eigenvalue weighted by molar-refractivity contribution is 7.13. The molecule has 2 aromatic heterocycles. The Morgan fingerprint density at radius 2 is 1.97 bits per heavy atom. The van der Waals surface area contributed by atoms with Crippen LogP contribution >= 0.6 is 22.9 Å². The highest BCUT2D eigenvalue weighted by atomic mass is 35.5. The minimum atomic E-state index is -0.380. The molecule has 0 radical (unpaired) electrons. The number of hydrogen-bond donors (Lipinski definition) is 2. The molecule has 2 aliphatic heterocycles. The molecule has 1 aromatic carbocycles. The molecule has 35 heavy (non-hydrogen) atoms. The lowest BCUT2D eigenvalue weighted by molar-refractivity contribution is -0.113. The van der Waals surface area contributed by atoms with Crippen LogP contribution in [0.1, 0.15) is 55.2 Å². The van der Waals surface area contributed by atoms with Crippen molar-refractivity contribution in [2.45, 2.75) is 58.5 Å². The number of rotatable bonds is 3. The molecule has 0 saturated heterocycles. The van der Waals surface area contributed by atoms with Crippen molar-refractivity contribution < 1.29 is 14.7 Å². The van der Waals surface area contributed by atoms with E-state index in [1.807, 2.05) is 17.0 Å². The third kappa shape index (κ3) is 4.15. The minimum absolute atomic E-state index is 0.0215. The Labute approximate surface area is 214 Å². The Kier molecular flexibility index (Phi) is 6.18. The van der Waals surface area contributed by atoms with Gasteiger partial charge in [-0.25, -0.2) is 0 Å². The molecule has 2 aliphatic rings. The summed E-state index contributed by atoms with van der Waals surface area (Å²) in [5.41, 5.74) is 5.96. The van der Waals surface area contributed by atoms with E-state index in [2.05, 4.69) is 42.1 Å². The topological polar surface area (TPSA) is 74.6 Å². The number of hydrogen-bond acceptors (Lipinski definition) is 4. The molecule has 0 atom stereocenters. The number of aromatic nitrogens is 1. The van der Waals surface area contributed by atoms with E-state index in [1.54, 1.807) is 17.4 Å². The molecule has 6 nitrogen and oxygen atoms in total. The number of fused-ring (bicyclic) bond motifs is 5. The summed E-state index contributed by atoms with van der Waals surface area (Å²) in [5.74, 6) is -0.476. The van der Waals surface area contributed by atoms with E-state index in [4.69, 9.17) is 11.6 Å². The van der Waals surface area contributed by atoms with Crippen LogP contribution in [-0.4, -0.2) is 44.4 Å².